The summed E-state index contributed by atoms with van der Waals surface area (Å²) in [5, 5.41) is 3.11. The maximum atomic E-state index is 13.1. The van der Waals surface area contributed by atoms with Crippen molar-refractivity contribution in [2.75, 3.05) is 5.32 Å². The van der Waals surface area contributed by atoms with Gasteiger partial charge in [0, 0.05) is 18.3 Å². The summed E-state index contributed by atoms with van der Waals surface area (Å²) >= 11 is 0. The van der Waals surface area contributed by atoms with Crippen LogP contribution in [0.4, 0.5) is 10.2 Å². The standard InChI is InChI=1S/C17H20FN3O/c18-15-9-4-10-16(21-15)20-12-13-6-5-11-19-17(13)22-14-7-2-1-3-8-14/h4-6,9-11,14H,1-3,7-8,12H2,(H,20,21). The van der Waals surface area contributed by atoms with Crippen LogP contribution in [0.1, 0.15) is 37.7 Å². The topological polar surface area (TPSA) is 47.0 Å². The first-order valence-electron chi connectivity index (χ1n) is 7.78. The minimum atomic E-state index is -0.491. The first-order valence-corrected chi connectivity index (χ1v) is 7.78. The number of nitrogens with zero attached hydrogens (tertiary/aromatic N) is 2. The molecular weight excluding hydrogens is 281 g/mol. The predicted molar refractivity (Wildman–Crippen MR) is 83.3 cm³/mol. The van der Waals surface area contributed by atoms with Crippen molar-refractivity contribution in [2.24, 2.45) is 0 Å². The molecule has 2 aromatic heterocycles. The summed E-state index contributed by atoms with van der Waals surface area (Å²) in [6.45, 7) is 0.506. The van der Waals surface area contributed by atoms with Gasteiger partial charge >= 0.3 is 0 Å². The number of hydrogen-bond donors (Lipinski definition) is 1. The van der Waals surface area contributed by atoms with Crippen molar-refractivity contribution in [1.82, 2.24) is 9.97 Å². The molecule has 1 N–H and O–H groups in total. The van der Waals surface area contributed by atoms with Crippen LogP contribution in [-0.2, 0) is 6.54 Å². The summed E-state index contributed by atoms with van der Waals surface area (Å²) in [7, 11) is 0. The Bertz CT molecular complexity index is 614. The van der Waals surface area contributed by atoms with Crippen LogP contribution in [0.15, 0.2) is 36.5 Å². The Hall–Kier alpha value is -2.17. The second kappa shape index (κ2) is 7.20. The van der Waals surface area contributed by atoms with Gasteiger partial charge in [0.15, 0.2) is 0 Å². The van der Waals surface area contributed by atoms with Crippen LogP contribution in [-0.4, -0.2) is 16.1 Å². The summed E-state index contributed by atoms with van der Waals surface area (Å²) in [5.41, 5.74) is 0.958. The molecule has 22 heavy (non-hydrogen) atoms. The SMILES string of the molecule is Fc1cccc(NCc2cccnc2OC2CCCCC2)n1. The van der Waals surface area contributed by atoms with Crippen molar-refractivity contribution in [2.45, 2.75) is 44.8 Å². The molecule has 0 saturated heterocycles. The fraction of sp³-hybridized carbons (Fsp3) is 0.412. The van der Waals surface area contributed by atoms with Crippen molar-refractivity contribution in [3.05, 3.63) is 48.0 Å². The summed E-state index contributed by atoms with van der Waals surface area (Å²) in [6.07, 6.45) is 7.92. The van der Waals surface area contributed by atoms with Crippen molar-refractivity contribution in [3.63, 3.8) is 0 Å². The fourth-order valence-corrected chi connectivity index (χ4v) is 2.70. The second-order valence-electron chi connectivity index (χ2n) is 5.54. The smallest absolute Gasteiger partial charge is 0.218 e. The lowest BCUT2D eigenvalue weighted by molar-refractivity contribution is 0.147. The third kappa shape index (κ3) is 3.93. The van der Waals surface area contributed by atoms with E-state index in [4.69, 9.17) is 4.74 Å². The Balaban J connectivity index is 1.65. The lowest BCUT2D eigenvalue weighted by atomic mass is 9.98. The Kier molecular flexibility index (Phi) is 4.83. The zero-order valence-electron chi connectivity index (χ0n) is 12.5. The van der Waals surface area contributed by atoms with Gasteiger partial charge in [-0.05, 0) is 43.9 Å². The number of anilines is 1. The van der Waals surface area contributed by atoms with Gasteiger partial charge in [-0.1, -0.05) is 18.6 Å². The van der Waals surface area contributed by atoms with Crippen LogP contribution in [0.25, 0.3) is 0 Å². The quantitative estimate of drug-likeness (QED) is 0.850. The van der Waals surface area contributed by atoms with E-state index in [1.54, 1.807) is 18.3 Å². The molecule has 0 radical (unpaired) electrons. The maximum Gasteiger partial charge on any atom is 0.218 e. The van der Waals surface area contributed by atoms with Crippen LogP contribution < -0.4 is 10.1 Å². The van der Waals surface area contributed by atoms with Gasteiger partial charge in [0.1, 0.15) is 11.9 Å². The molecule has 1 aliphatic rings. The molecule has 2 heterocycles. The van der Waals surface area contributed by atoms with E-state index in [9.17, 15) is 4.39 Å². The van der Waals surface area contributed by atoms with Crippen molar-refractivity contribution in [3.8, 4) is 5.88 Å². The zero-order valence-corrected chi connectivity index (χ0v) is 12.5. The first-order chi connectivity index (χ1) is 10.8. The van der Waals surface area contributed by atoms with Gasteiger partial charge in [0.2, 0.25) is 11.8 Å². The monoisotopic (exact) mass is 301 g/mol. The molecule has 0 spiro atoms. The molecule has 1 fully saturated rings. The molecule has 0 aromatic carbocycles. The van der Waals surface area contributed by atoms with Gasteiger partial charge in [-0.3, -0.25) is 0 Å². The molecular formula is C17H20FN3O. The summed E-state index contributed by atoms with van der Waals surface area (Å²) in [4.78, 5) is 8.14. The Labute approximate surface area is 129 Å². The normalized spacial score (nSPS) is 15.5. The van der Waals surface area contributed by atoms with Crippen LogP contribution in [0, 0.1) is 5.95 Å². The second-order valence-corrected chi connectivity index (χ2v) is 5.54. The highest BCUT2D eigenvalue weighted by Gasteiger charge is 2.17. The lowest BCUT2D eigenvalue weighted by Gasteiger charge is -2.23. The molecule has 116 valence electrons. The van der Waals surface area contributed by atoms with E-state index in [2.05, 4.69) is 15.3 Å². The lowest BCUT2D eigenvalue weighted by Crippen LogP contribution is -2.21. The molecule has 5 heteroatoms. The molecule has 0 aliphatic heterocycles. The van der Waals surface area contributed by atoms with E-state index in [-0.39, 0.29) is 6.10 Å². The third-order valence-corrected chi connectivity index (χ3v) is 3.86. The average molecular weight is 301 g/mol. The minimum absolute atomic E-state index is 0.259. The van der Waals surface area contributed by atoms with Gasteiger partial charge in [-0.15, -0.1) is 0 Å². The third-order valence-electron chi connectivity index (χ3n) is 3.86. The molecule has 0 unspecified atom stereocenters. The van der Waals surface area contributed by atoms with Crippen LogP contribution in [0.2, 0.25) is 0 Å². The molecule has 1 saturated carbocycles. The number of halogens is 1. The number of rotatable bonds is 5. The molecule has 3 rings (SSSR count). The van der Waals surface area contributed by atoms with Crippen LogP contribution in [0.3, 0.4) is 0 Å². The van der Waals surface area contributed by atoms with E-state index in [0.29, 0.717) is 18.2 Å². The van der Waals surface area contributed by atoms with Gasteiger partial charge < -0.3 is 10.1 Å². The number of pyridine rings is 2. The van der Waals surface area contributed by atoms with Crippen LogP contribution in [0.5, 0.6) is 5.88 Å². The molecule has 1 aliphatic carbocycles. The van der Waals surface area contributed by atoms with E-state index < -0.39 is 5.95 Å². The average Bonchev–Trinajstić information content (AvgIpc) is 2.55. The van der Waals surface area contributed by atoms with Gasteiger partial charge in [-0.25, -0.2) is 9.97 Å². The predicted octanol–water partition coefficient (Wildman–Crippen LogP) is 3.94. The molecule has 0 bridgehead atoms. The fourth-order valence-electron chi connectivity index (χ4n) is 2.70. The van der Waals surface area contributed by atoms with Crippen molar-refractivity contribution >= 4 is 5.82 Å². The molecule has 0 atom stereocenters. The van der Waals surface area contributed by atoms with E-state index in [0.717, 1.165) is 18.4 Å². The minimum Gasteiger partial charge on any atom is -0.474 e. The molecule has 4 nitrogen and oxygen atoms in total. The highest BCUT2D eigenvalue weighted by Crippen LogP contribution is 2.24. The first kappa shape index (κ1) is 14.8. The summed E-state index contributed by atoms with van der Waals surface area (Å²) in [5.74, 6) is 0.681. The van der Waals surface area contributed by atoms with E-state index in [1.165, 1.54) is 25.3 Å². The van der Waals surface area contributed by atoms with E-state index >= 15 is 0 Å². The summed E-state index contributed by atoms with van der Waals surface area (Å²) in [6, 6.07) is 8.54. The van der Waals surface area contributed by atoms with Crippen molar-refractivity contribution in [1.29, 1.82) is 0 Å². The van der Waals surface area contributed by atoms with Gasteiger partial charge in [0.25, 0.3) is 0 Å². The van der Waals surface area contributed by atoms with E-state index in [1.807, 2.05) is 12.1 Å². The maximum absolute atomic E-state index is 13.1. The number of ether oxygens (including phenoxy) is 1. The largest absolute Gasteiger partial charge is 0.474 e. The van der Waals surface area contributed by atoms with Gasteiger partial charge in [0.05, 0.1) is 0 Å². The number of hydrogen-bond acceptors (Lipinski definition) is 4. The molecule has 0 amide bonds. The Morgan fingerprint density at radius 3 is 2.82 bits per heavy atom. The van der Waals surface area contributed by atoms with Crippen LogP contribution >= 0.6 is 0 Å². The highest BCUT2D eigenvalue weighted by molar-refractivity contribution is 5.37. The Morgan fingerprint density at radius 1 is 1.14 bits per heavy atom. The highest BCUT2D eigenvalue weighted by atomic mass is 19.1. The Morgan fingerprint density at radius 2 is 2.00 bits per heavy atom. The summed E-state index contributed by atoms with van der Waals surface area (Å²) < 4.78 is 19.1. The number of nitrogens with one attached hydrogen (secondary N) is 1. The zero-order chi connectivity index (χ0) is 15.2. The van der Waals surface area contributed by atoms with Gasteiger partial charge in [-0.2, -0.15) is 4.39 Å². The van der Waals surface area contributed by atoms with Crippen molar-refractivity contribution < 1.29 is 9.13 Å². The molecule has 2 aromatic rings. The number of aromatic nitrogens is 2.